The van der Waals surface area contributed by atoms with Gasteiger partial charge in [-0.05, 0) is 30.9 Å². The molecular weight excluding hydrogens is 220 g/mol. The fraction of sp³-hybridized carbons (Fsp3) is 0.571. The molecule has 0 aromatic carbocycles. The molecule has 0 aromatic heterocycles. The summed E-state index contributed by atoms with van der Waals surface area (Å²) in [7, 11) is 0. The van der Waals surface area contributed by atoms with Crippen molar-refractivity contribution in [2.75, 3.05) is 0 Å². The Balaban J connectivity index is 5.17. The molecule has 17 heavy (non-hydrogen) atoms. The van der Waals surface area contributed by atoms with Crippen LogP contribution in [0.25, 0.3) is 0 Å². The van der Waals surface area contributed by atoms with Gasteiger partial charge in [-0.3, -0.25) is 0 Å². The maximum absolute atomic E-state index is 13.6. The van der Waals surface area contributed by atoms with Crippen molar-refractivity contribution < 1.29 is 8.78 Å². The van der Waals surface area contributed by atoms with Crippen LogP contribution >= 0.6 is 0 Å². The Labute approximate surface area is 103 Å². The molecule has 0 aliphatic heterocycles. The van der Waals surface area contributed by atoms with Crippen molar-refractivity contribution in [3.8, 4) is 0 Å². The van der Waals surface area contributed by atoms with Crippen LogP contribution in [0.2, 0.25) is 0 Å². The van der Waals surface area contributed by atoms with Gasteiger partial charge in [-0.2, -0.15) is 0 Å². The Kier molecular flexibility index (Phi) is 6.14. The summed E-state index contributed by atoms with van der Waals surface area (Å²) in [5.74, 6) is -2.63. The van der Waals surface area contributed by atoms with Crippen LogP contribution in [0.1, 0.15) is 40.5 Å². The molecule has 0 aliphatic rings. The molecule has 0 saturated heterocycles. The normalized spacial score (nSPS) is 15.9. The summed E-state index contributed by atoms with van der Waals surface area (Å²) in [6.07, 6.45) is 3.63. The van der Waals surface area contributed by atoms with Crippen LogP contribution in [0.4, 0.5) is 8.78 Å². The van der Waals surface area contributed by atoms with Gasteiger partial charge in [0.25, 0.3) is 5.92 Å². The number of rotatable bonds is 6. The van der Waals surface area contributed by atoms with Gasteiger partial charge in [-0.15, -0.1) is 0 Å². The van der Waals surface area contributed by atoms with Crippen LogP contribution in [-0.2, 0) is 0 Å². The van der Waals surface area contributed by atoms with Gasteiger partial charge in [0.15, 0.2) is 0 Å². The molecule has 0 spiro atoms. The fourth-order valence-corrected chi connectivity index (χ4v) is 1.35. The van der Waals surface area contributed by atoms with E-state index in [0.717, 1.165) is 6.42 Å². The van der Waals surface area contributed by atoms with Gasteiger partial charge in [0.2, 0.25) is 0 Å². The highest BCUT2D eigenvalue weighted by Crippen LogP contribution is 2.32. The highest BCUT2D eigenvalue weighted by atomic mass is 19.3. The maximum Gasteiger partial charge on any atom is 0.273 e. The fourth-order valence-electron chi connectivity index (χ4n) is 1.35. The molecule has 0 aromatic rings. The lowest BCUT2D eigenvalue weighted by atomic mass is 9.98. The second-order valence-corrected chi connectivity index (χ2v) is 4.39. The Bertz CT molecular complexity index is 327. The minimum absolute atomic E-state index is 0.0359. The predicted molar refractivity (Wildman–Crippen MR) is 69.9 cm³/mol. The number of hydrogen-bond donors (Lipinski definition) is 1. The van der Waals surface area contributed by atoms with Crippen LogP contribution in [0.5, 0.6) is 0 Å². The monoisotopic (exact) mass is 243 g/mol. The van der Waals surface area contributed by atoms with Crippen molar-refractivity contribution >= 4 is 0 Å². The molecule has 2 N–H and O–H groups in total. The van der Waals surface area contributed by atoms with Gasteiger partial charge < -0.3 is 5.73 Å². The number of nitrogens with two attached hydrogens (primary N) is 1. The minimum Gasteiger partial charge on any atom is -0.402 e. The van der Waals surface area contributed by atoms with Gasteiger partial charge in [-0.1, -0.05) is 33.4 Å². The van der Waals surface area contributed by atoms with E-state index in [1.165, 1.54) is 13.0 Å². The molecular formula is C14H23F2N. The van der Waals surface area contributed by atoms with Crippen molar-refractivity contribution in [3.05, 3.63) is 35.6 Å². The molecule has 0 aliphatic carbocycles. The van der Waals surface area contributed by atoms with E-state index in [-0.39, 0.29) is 17.9 Å². The summed E-state index contributed by atoms with van der Waals surface area (Å²) in [6.45, 7) is 10.6. The molecule has 0 amide bonds. The third-order valence-corrected chi connectivity index (χ3v) is 2.92. The third kappa shape index (κ3) is 4.72. The van der Waals surface area contributed by atoms with Crippen LogP contribution in [0, 0.1) is 5.92 Å². The molecule has 0 radical (unpaired) electrons. The van der Waals surface area contributed by atoms with Crippen LogP contribution in [-0.4, -0.2) is 5.92 Å². The smallest absolute Gasteiger partial charge is 0.273 e. The van der Waals surface area contributed by atoms with Crippen molar-refractivity contribution in [1.82, 2.24) is 0 Å². The number of alkyl halides is 2. The average Bonchev–Trinajstić information content (AvgIpc) is 2.27. The van der Waals surface area contributed by atoms with E-state index in [4.69, 9.17) is 5.73 Å². The Morgan fingerprint density at radius 1 is 1.35 bits per heavy atom. The molecule has 0 saturated carbocycles. The Morgan fingerprint density at radius 3 is 2.24 bits per heavy atom. The minimum atomic E-state index is -2.84. The molecule has 0 rings (SSSR count). The SMILES string of the molecule is C=C(C)/C(=C\C=C(\N)C(C)CC)C(F)(F)CC. The van der Waals surface area contributed by atoms with E-state index >= 15 is 0 Å². The van der Waals surface area contributed by atoms with Gasteiger partial charge in [0.05, 0.1) is 0 Å². The standard InChI is InChI=1S/C14H23F2N/c1-6-11(5)13(17)9-8-12(10(3)4)14(15,16)7-2/h8-9,11H,3,6-7,17H2,1-2,4-5H3/b12-8+,13-9+. The van der Waals surface area contributed by atoms with E-state index in [1.807, 2.05) is 13.8 Å². The van der Waals surface area contributed by atoms with Crippen molar-refractivity contribution in [2.24, 2.45) is 11.7 Å². The lowest BCUT2D eigenvalue weighted by Gasteiger charge is -2.18. The zero-order valence-electron chi connectivity index (χ0n) is 11.2. The second kappa shape index (κ2) is 6.58. The number of halogens is 2. The first-order valence-corrected chi connectivity index (χ1v) is 5.97. The molecule has 0 bridgehead atoms. The van der Waals surface area contributed by atoms with Crippen LogP contribution in [0.15, 0.2) is 35.6 Å². The summed E-state index contributed by atoms with van der Waals surface area (Å²) in [5.41, 5.74) is 6.77. The maximum atomic E-state index is 13.6. The highest BCUT2D eigenvalue weighted by molar-refractivity contribution is 5.36. The molecule has 3 heteroatoms. The first-order chi connectivity index (χ1) is 7.76. The first kappa shape index (κ1) is 15.9. The number of allylic oxidation sites excluding steroid dienone is 5. The molecule has 1 atom stereocenters. The molecule has 98 valence electrons. The Hall–Kier alpha value is -1.12. The van der Waals surface area contributed by atoms with E-state index < -0.39 is 5.92 Å². The molecule has 0 heterocycles. The van der Waals surface area contributed by atoms with E-state index in [0.29, 0.717) is 11.3 Å². The second-order valence-electron chi connectivity index (χ2n) is 4.39. The Morgan fingerprint density at radius 2 is 1.88 bits per heavy atom. The van der Waals surface area contributed by atoms with E-state index in [9.17, 15) is 8.78 Å². The highest BCUT2D eigenvalue weighted by Gasteiger charge is 2.31. The molecule has 0 fully saturated rings. The van der Waals surface area contributed by atoms with Crippen LogP contribution < -0.4 is 5.73 Å². The first-order valence-electron chi connectivity index (χ1n) is 5.97. The van der Waals surface area contributed by atoms with Crippen LogP contribution in [0.3, 0.4) is 0 Å². The number of hydrogen-bond acceptors (Lipinski definition) is 1. The van der Waals surface area contributed by atoms with Gasteiger partial charge in [-0.25, -0.2) is 8.78 Å². The van der Waals surface area contributed by atoms with Crippen molar-refractivity contribution in [2.45, 2.75) is 46.5 Å². The van der Waals surface area contributed by atoms with Crippen molar-refractivity contribution in [3.63, 3.8) is 0 Å². The third-order valence-electron chi connectivity index (χ3n) is 2.92. The molecule has 1 unspecified atom stereocenters. The summed E-state index contributed by atoms with van der Waals surface area (Å²) in [6, 6.07) is 0. The van der Waals surface area contributed by atoms with E-state index in [1.54, 1.807) is 13.0 Å². The van der Waals surface area contributed by atoms with Crippen molar-refractivity contribution in [1.29, 1.82) is 0 Å². The summed E-state index contributed by atoms with van der Waals surface area (Å²) >= 11 is 0. The lowest BCUT2D eigenvalue weighted by molar-refractivity contribution is 0.0401. The topological polar surface area (TPSA) is 26.0 Å². The predicted octanol–water partition coefficient (Wildman–Crippen LogP) is 4.42. The van der Waals surface area contributed by atoms with E-state index in [2.05, 4.69) is 6.58 Å². The lowest BCUT2D eigenvalue weighted by Crippen LogP contribution is -2.18. The van der Waals surface area contributed by atoms with Gasteiger partial charge >= 0.3 is 0 Å². The molecule has 1 nitrogen and oxygen atoms in total. The largest absolute Gasteiger partial charge is 0.402 e. The zero-order chi connectivity index (χ0) is 13.6. The van der Waals surface area contributed by atoms with Gasteiger partial charge in [0, 0.05) is 17.7 Å². The summed E-state index contributed by atoms with van der Waals surface area (Å²) < 4.78 is 27.2. The summed E-state index contributed by atoms with van der Waals surface area (Å²) in [4.78, 5) is 0. The average molecular weight is 243 g/mol. The quantitative estimate of drug-likeness (QED) is 0.686. The summed E-state index contributed by atoms with van der Waals surface area (Å²) in [5, 5.41) is 0. The zero-order valence-corrected chi connectivity index (χ0v) is 11.2. The van der Waals surface area contributed by atoms with Gasteiger partial charge in [0.1, 0.15) is 0 Å².